The van der Waals surface area contributed by atoms with E-state index in [2.05, 4.69) is 10.2 Å². The topological polar surface area (TPSA) is 54.0 Å². The van der Waals surface area contributed by atoms with Crippen LogP contribution in [-0.4, -0.2) is 40.3 Å². The van der Waals surface area contributed by atoms with E-state index in [0.717, 1.165) is 31.9 Å². The molecule has 0 unspecified atom stereocenters. The molecular weight excluding hydrogens is 248 g/mol. The fourth-order valence-electron chi connectivity index (χ4n) is 2.26. The van der Waals surface area contributed by atoms with E-state index < -0.39 is 9.84 Å². The fourth-order valence-corrected chi connectivity index (χ4v) is 3.58. The zero-order chi connectivity index (χ0) is 13.0. The van der Waals surface area contributed by atoms with Gasteiger partial charge in [0.05, 0.1) is 36.8 Å². The summed E-state index contributed by atoms with van der Waals surface area (Å²) in [5.41, 5.74) is 1.12. The minimum absolute atomic E-state index is 0.227. The molecule has 2 N–H and O–H groups in total. The quantitative estimate of drug-likeness (QED) is 0.853. The summed E-state index contributed by atoms with van der Waals surface area (Å²) in [7, 11) is -3.08. The maximum atomic E-state index is 11.9. The second-order valence-corrected chi connectivity index (χ2v) is 6.77. The third-order valence-electron chi connectivity index (χ3n) is 3.24. The third kappa shape index (κ3) is 3.03. The van der Waals surface area contributed by atoms with E-state index >= 15 is 0 Å². The van der Waals surface area contributed by atoms with Crippen LogP contribution in [0.1, 0.15) is 13.3 Å². The molecule has 0 atom stereocenters. The van der Waals surface area contributed by atoms with Crippen LogP contribution >= 0.6 is 0 Å². The van der Waals surface area contributed by atoms with E-state index in [1.807, 2.05) is 19.1 Å². The number of piperazine rings is 1. The van der Waals surface area contributed by atoms with Crippen molar-refractivity contribution in [2.24, 2.45) is 0 Å². The predicted molar refractivity (Wildman–Crippen MR) is 72.7 cm³/mol. The van der Waals surface area contributed by atoms with Crippen molar-refractivity contribution in [2.75, 3.05) is 36.8 Å². The van der Waals surface area contributed by atoms with Crippen molar-refractivity contribution in [1.29, 1.82) is 0 Å². The molecule has 1 heterocycles. The highest BCUT2D eigenvalue weighted by Crippen LogP contribution is 2.19. The zero-order valence-electron chi connectivity index (χ0n) is 10.8. The zero-order valence-corrected chi connectivity index (χ0v) is 11.6. The number of quaternary nitrogens is 1. The summed E-state index contributed by atoms with van der Waals surface area (Å²) in [6.45, 7) is 6.16. The number of nitrogens with zero attached hydrogens (tertiary/aromatic N) is 1. The number of sulfone groups is 1. The Morgan fingerprint density at radius 2 is 1.78 bits per heavy atom. The van der Waals surface area contributed by atoms with Crippen molar-refractivity contribution >= 4 is 15.5 Å². The predicted octanol–water partition coefficient (Wildman–Crippen LogP) is 0.254. The monoisotopic (exact) mass is 269 g/mol. The summed E-state index contributed by atoms with van der Waals surface area (Å²) in [6, 6.07) is 7.32. The van der Waals surface area contributed by atoms with Gasteiger partial charge in [-0.15, -0.1) is 0 Å². The van der Waals surface area contributed by atoms with E-state index in [0.29, 0.717) is 11.3 Å². The highest BCUT2D eigenvalue weighted by molar-refractivity contribution is 7.91. The number of hydrogen-bond acceptors (Lipinski definition) is 3. The molecule has 100 valence electrons. The van der Waals surface area contributed by atoms with Crippen LogP contribution in [0.2, 0.25) is 0 Å². The number of rotatable bonds is 4. The van der Waals surface area contributed by atoms with E-state index in [1.165, 1.54) is 0 Å². The molecule has 1 fully saturated rings. The molecule has 18 heavy (non-hydrogen) atoms. The number of nitrogens with two attached hydrogens (primary N) is 1. The minimum atomic E-state index is -3.08. The molecule has 0 saturated carbocycles. The lowest BCUT2D eigenvalue weighted by molar-refractivity contribution is -0.655. The molecule has 4 nitrogen and oxygen atoms in total. The molecule has 0 amide bonds. The Kier molecular flexibility index (Phi) is 4.24. The van der Waals surface area contributed by atoms with Gasteiger partial charge in [-0.05, 0) is 30.7 Å². The maximum absolute atomic E-state index is 11.9. The lowest BCUT2D eigenvalue weighted by Crippen LogP contribution is -2.89. The first-order chi connectivity index (χ1) is 8.63. The summed E-state index contributed by atoms with van der Waals surface area (Å²) in [4.78, 5) is 2.74. The van der Waals surface area contributed by atoms with Crippen molar-refractivity contribution < 1.29 is 13.7 Å². The Morgan fingerprint density at radius 3 is 2.33 bits per heavy atom. The van der Waals surface area contributed by atoms with E-state index in [-0.39, 0.29) is 5.75 Å². The highest BCUT2D eigenvalue weighted by Gasteiger charge is 2.15. The molecule has 1 aliphatic rings. The van der Waals surface area contributed by atoms with Gasteiger partial charge in [0.2, 0.25) is 0 Å². The fraction of sp³-hybridized carbons (Fsp3) is 0.538. The first-order valence-electron chi connectivity index (χ1n) is 6.53. The van der Waals surface area contributed by atoms with Gasteiger partial charge in [0.25, 0.3) is 0 Å². The molecule has 0 spiro atoms. The van der Waals surface area contributed by atoms with Gasteiger partial charge in [0.1, 0.15) is 0 Å². The van der Waals surface area contributed by atoms with Crippen molar-refractivity contribution in [3.8, 4) is 0 Å². The Labute approximate surface area is 109 Å². The van der Waals surface area contributed by atoms with Crippen LogP contribution in [0.4, 0.5) is 5.69 Å². The van der Waals surface area contributed by atoms with Gasteiger partial charge in [0.15, 0.2) is 9.84 Å². The maximum Gasteiger partial charge on any atom is 0.178 e. The lowest BCUT2D eigenvalue weighted by atomic mass is 10.2. The standard InChI is InChI=1S/C13H20N2O2S/c1-2-11-18(16,17)13-5-3-12(4-6-13)15-9-7-14-8-10-15/h3-6,14H,2,7-11H2,1H3/p+1. The van der Waals surface area contributed by atoms with Gasteiger partial charge in [-0.25, -0.2) is 8.42 Å². The van der Waals surface area contributed by atoms with Gasteiger partial charge in [-0.1, -0.05) is 6.92 Å². The summed E-state index contributed by atoms with van der Waals surface area (Å²) in [5, 5.41) is 2.30. The first kappa shape index (κ1) is 13.4. The Morgan fingerprint density at radius 1 is 1.17 bits per heavy atom. The van der Waals surface area contributed by atoms with Crippen LogP contribution in [0, 0.1) is 0 Å². The van der Waals surface area contributed by atoms with Crippen LogP contribution in [0.25, 0.3) is 0 Å². The SMILES string of the molecule is CCCS(=O)(=O)c1ccc(N2CC[NH2+]CC2)cc1. The van der Waals surface area contributed by atoms with Crippen LogP contribution < -0.4 is 10.2 Å². The first-order valence-corrected chi connectivity index (χ1v) is 8.18. The molecule has 1 saturated heterocycles. The molecule has 5 heteroatoms. The molecule has 0 aliphatic carbocycles. The number of anilines is 1. The molecule has 0 bridgehead atoms. The van der Waals surface area contributed by atoms with Crippen molar-refractivity contribution in [1.82, 2.24) is 0 Å². The molecular formula is C13H21N2O2S+. The van der Waals surface area contributed by atoms with Gasteiger partial charge in [-0.3, -0.25) is 0 Å². The average Bonchev–Trinajstić information content (AvgIpc) is 2.40. The second kappa shape index (κ2) is 5.71. The van der Waals surface area contributed by atoms with Gasteiger partial charge in [0, 0.05) is 5.69 Å². The molecule has 1 aromatic rings. The number of benzene rings is 1. The molecule has 2 rings (SSSR count). The summed E-state index contributed by atoms with van der Waals surface area (Å²) < 4.78 is 23.8. The third-order valence-corrected chi connectivity index (χ3v) is 5.18. The van der Waals surface area contributed by atoms with Gasteiger partial charge >= 0.3 is 0 Å². The summed E-state index contributed by atoms with van der Waals surface area (Å²) >= 11 is 0. The van der Waals surface area contributed by atoms with Crippen LogP contribution in [-0.2, 0) is 9.84 Å². The largest absolute Gasteiger partial charge is 0.360 e. The molecule has 1 aliphatic heterocycles. The molecule has 0 aromatic heterocycles. The van der Waals surface area contributed by atoms with Gasteiger partial charge < -0.3 is 10.2 Å². The minimum Gasteiger partial charge on any atom is -0.360 e. The van der Waals surface area contributed by atoms with Crippen molar-refractivity contribution in [3.05, 3.63) is 24.3 Å². The van der Waals surface area contributed by atoms with Crippen LogP contribution in [0.5, 0.6) is 0 Å². The number of hydrogen-bond donors (Lipinski definition) is 1. The lowest BCUT2D eigenvalue weighted by Gasteiger charge is -2.27. The van der Waals surface area contributed by atoms with Crippen molar-refractivity contribution in [3.63, 3.8) is 0 Å². The molecule has 0 radical (unpaired) electrons. The Hall–Kier alpha value is -1.07. The average molecular weight is 269 g/mol. The van der Waals surface area contributed by atoms with Crippen LogP contribution in [0.3, 0.4) is 0 Å². The Balaban J connectivity index is 2.14. The smallest absolute Gasteiger partial charge is 0.178 e. The molecule has 1 aromatic carbocycles. The summed E-state index contributed by atoms with van der Waals surface area (Å²) in [5.74, 6) is 0.227. The van der Waals surface area contributed by atoms with E-state index in [1.54, 1.807) is 12.1 Å². The van der Waals surface area contributed by atoms with E-state index in [4.69, 9.17) is 0 Å². The highest BCUT2D eigenvalue weighted by atomic mass is 32.2. The van der Waals surface area contributed by atoms with E-state index in [9.17, 15) is 8.42 Å². The van der Waals surface area contributed by atoms with Crippen LogP contribution in [0.15, 0.2) is 29.2 Å². The van der Waals surface area contributed by atoms with Gasteiger partial charge in [-0.2, -0.15) is 0 Å². The normalized spacial score (nSPS) is 16.8. The van der Waals surface area contributed by atoms with Crippen molar-refractivity contribution in [2.45, 2.75) is 18.2 Å². The Bertz CT molecular complexity index is 476. The second-order valence-electron chi connectivity index (χ2n) is 4.67. The summed E-state index contributed by atoms with van der Waals surface area (Å²) in [6.07, 6.45) is 0.659.